The molecule has 102 valence electrons. The van der Waals surface area contributed by atoms with Crippen molar-refractivity contribution in [2.45, 2.75) is 18.9 Å². The molecule has 0 aliphatic rings. The highest BCUT2D eigenvalue weighted by atomic mass is 79.9. The molecule has 1 heterocycles. The smallest absolute Gasteiger partial charge is 0.280 e. The fourth-order valence-corrected chi connectivity index (χ4v) is 3.16. The molecule has 0 aliphatic heterocycles. The largest absolute Gasteiger partial charge is 0.337 e. The van der Waals surface area contributed by atoms with Crippen LogP contribution in [-0.4, -0.2) is 18.0 Å². The lowest BCUT2D eigenvalue weighted by atomic mass is 10.2. The van der Waals surface area contributed by atoms with E-state index in [4.69, 9.17) is 0 Å². The third kappa shape index (κ3) is 2.98. The minimum atomic E-state index is -3.67. The van der Waals surface area contributed by atoms with Gasteiger partial charge in [0.2, 0.25) is 0 Å². The van der Waals surface area contributed by atoms with Crippen molar-refractivity contribution in [3.05, 3.63) is 40.3 Å². The van der Waals surface area contributed by atoms with Gasteiger partial charge in [0.25, 0.3) is 10.0 Å². The maximum Gasteiger partial charge on any atom is 0.280 e. The Morgan fingerprint density at radius 1 is 1.32 bits per heavy atom. The lowest BCUT2D eigenvalue weighted by molar-refractivity contribution is 0.598. The van der Waals surface area contributed by atoms with E-state index in [1.165, 1.54) is 6.20 Å². The van der Waals surface area contributed by atoms with Crippen LogP contribution in [0.25, 0.3) is 0 Å². The second-order valence-corrected chi connectivity index (χ2v) is 6.81. The monoisotopic (exact) mass is 343 g/mol. The molecule has 1 aromatic carbocycles. The Morgan fingerprint density at radius 3 is 2.58 bits per heavy atom. The molecule has 0 aliphatic carbocycles. The number of aromatic nitrogens is 2. The molecule has 0 spiro atoms. The lowest BCUT2D eigenvalue weighted by Crippen LogP contribution is -2.14. The minimum absolute atomic E-state index is 0.0147. The Labute approximate surface area is 120 Å². The number of sulfonamides is 1. The number of hydrogen-bond acceptors (Lipinski definition) is 3. The number of nitrogens with zero attached hydrogens (tertiary/aromatic N) is 2. The van der Waals surface area contributed by atoms with Crippen LogP contribution in [-0.2, 0) is 17.1 Å². The molecule has 1 aromatic heterocycles. The van der Waals surface area contributed by atoms with E-state index in [9.17, 15) is 8.42 Å². The van der Waals surface area contributed by atoms with E-state index in [1.807, 2.05) is 13.0 Å². The van der Waals surface area contributed by atoms with Crippen LogP contribution in [0.15, 0.2) is 33.9 Å². The topological polar surface area (TPSA) is 64.0 Å². The van der Waals surface area contributed by atoms with Gasteiger partial charge in [-0.1, -0.05) is 6.07 Å². The van der Waals surface area contributed by atoms with Gasteiger partial charge in [0.15, 0.2) is 5.03 Å². The molecule has 19 heavy (non-hydrogen) atoms. The Morgan fingerprint density at radius 2 is 2.00 bits per heavy atom. The summed E-state index contributed by atoms with van der Waals surface area (Å²) in [5.74, 6) is 0.642. The van der Waals surface area contributed by atoms with E-state index in [1.54, 1.807) is 30.7 Å². The van der Waals surface area contributed by atoms with Crippen molar-refractivity contribution in [3.63, 3.8) is 0 Å². The van der Waals surface area contributed by atoms with Gasteiger partial charge in [-0.3, -0.25) is 4.72 Å². The fourth-order valence-electron chi connectivity index (χ4n) is 1.57. The molecular formula is C12H14BrN3O2S. The van der Waals surface area contributed by atoms with Crippen molar-refractivity contribution in [3.8, 4) is 0 Å². The van der Waals surface area contributed by atoms with E-state index in [-0.39, 0.29) is 5.03 Å². The van der Waals surface area contributed by atoms with Gasteiger partial charge in [-0.2, -0.15) is 8.42 Å². The standard InChI is InChI=1S/C12H14BrN3O2S/c1-8-4-5-10(13)11(6-8)15-19(17,18)12-7-16(3)9(2)14-12/h4-7,15H,1-3H3. The summed E-state index contributed by atoms with van der Waals surface area (Å²) in [7, 11) is -1.91. The summed E-state index contributed by atoms with van der Waals surface area (Å²) >= 11 is 3.32. The Bertz CT molecular complexity index is 703. The van der Waals surface area contributed by atoms with Crippen LogP contribution in [0.5, 0.6) is 0 Å². The molecule has 1 N–H and O–H groups in total. The third-order valence-corrected chi connectivity index (χ3v) is 4.66. The summed E-state index contributed by atoms with van der Waals surface area (Å²) in [5.41, 5.74) is 1.47. The summed E-state index contributed by atoms with van der Waals surface area (Å²) in [6.45, 7) is 3.65. The highest BCUT2D eigenvalue weighted by Gasteiger charge is 2.19. The molecule has 2 rings (SSSR count). The molecule has 0 amide bonds. The van der Waals surface area contributed by atoms with Crippen LogP contribution >= 0.6 is 15.9 Å². The average molecular weight is 344 g/mol. The number of imidazole rings is 1. The molecule has 0 saturated heterocycles. The van der Waals surface area contributed by atoms with Crippen molar-refractivity contribution < 1.29 is 8.42 Å². The van der Waals surface area contributed by atoms with Crippen molar-refractivity contribution in [2.24, 2.45) is 7.05 Å². The first-order chi connectivity index (χ1) is 8.79. The van der Waals surface area contributed by atoms with Gasteiger partial charge in [0, 0.05) is 17.7 Å². The number of hydrogen-bond donors (Lipinski definition) is 1. The van der Waals surface area contributed by atoms with Gasteiger partial charge >= 0.3 is 0 Å². The number of halogens is 1. The summed E-state index contributed by atoms with van der Waals surface area (Å²) in [6, 6.07) is 5.46. The van der Waals surface area contributed by atoms with Crippen LogP contribution in [0.4, 0.5) is 5.69 Å². The Hall–Kier alpha value is -1.34. The Balaban J connectivity index is 2.39. The van der Waals surface area contributed by atoms with Crippen LogP contribution in [0.3, 0.4) is 0 Å². The van der Waals surface area contributed by atoms with Gasteiger partial charge in [-0.15, -0.1) is 0 Å². The quantitative estimate of drug-likeness (QED) is 0.931. The maximum atomic E-state index is 12.2. The number of anilines is 1. The number of benzene rings is 1. The summed E-state index contributed by atoms with van der Waals surface area (Å²) < 4.78 is 29.3. The van der Waals surface area contributed by atoms with Gasteiger partial charge in [-0.25, -0.2) is 4.98 Å². The van der Waals surface area contributed by atoms with Gasteiger partial charge < -0.3 is 4.57 Å². The van der Waals surface area contributed by atoms with Crippen LogP contribution in [0, 0.1) is 13.8 Å². The number of aryl methyl sites for hydroxylation is 3. The predicted molar refractivity (Wildman–Crippen MR) is 77.6 cm³/mol. The second kappa shape index (κ2) is 4.97. The summed E-state index contributed by atoms with van der Waals surface area (Å²) in [4.78, 5) is 4.03. The van der Waals surface area contributed by atoms with Crippen molar-refractivity contribution >= 4 is 31.6 Å². The molecule has 0 fully saturated rings. The molecule has 0 unspecified atom stereocenters. The van der Waals surface area contributed by atoms with E-state index in [0.717, 1.165) is 5.56 Å². The average Bonchev–Trinajstić information content (AvgIpc) is 2.65. The van der Waals surface area contributed by atoms with E-state index in [2.05, 4.69) is 25.6 Å². The summed E-state index contributed by atoms with van der Waals surface area (Å²) in [5, 5.41) is 0.0147. The minimum Gasteiger partial charge on any atom is -0.337 e. The molecule has 2 aromatic rings. The fraction of sp³-hybridized carbons (Fsp3) is 0.250. The zero-order valence-electron chi connectivity index (χ0n) is 10.8. The molecule has 5 nitrogen and oxygen atoms in total. The Kier molecular flexibility index (Phi) is 3.69. The first-order valence-corrected chi connectivity index (χ1v) is 7.86. The van der Waals surface area contributed by atoms with E-state index in [0.29, 0.717) is 16.0 Å². The highest BCUT2D eigenvalue weighted by Crippen LogP contribution is 2.25. The molecule has 0 radical (unpaired) electrons. The van der Waals surface area contributed by atoms with Crippen LogP contribution in [0.2, 0.25) is 0 Å². The zero-order valence-corrected chi connectivity index (χ0v) is 13.2. The molecular weight excluding hydrogens is 330 g/mol. The van der Waals surface area contributed by atoms with Gasteiger partial charge in [0.05, 0.1) is 5.69 Å². The number of nitrogens with one attached hydrogen (secondary N) is 1. The second-order valence-electron chi connectivity index (χ2n) is 4.33. The molecule has 7 heteroatoms. The first-order valence-electron chi connectivity index (χ1n) is 5.58. The van der Waals surface area contributed by atoms with Crippen molar-refractivity contribution in [1.29, 1.82) is 0 Å². The zero-order chi connectivity index (χ0) is 14.2. The highest BCUT2D eigenvalue weighted by molar-refractivity contribution is 9.10. The van der Waals surface area contributed by atoms with E-state index >= 15 is 0 Å². The third-order valence-electron chi connectivity index (χ3n) is 2.73. The normalized spacial score (nSPS) is 11.6. The lowest BCUT2D eigenvalue weighted by Gasteiger charge is -2.08. The SMILES string of the molecule is Cc1ccc(Br)c(NS(=O)(=O)c2cn(C)c(C)n2)c1. The maximum absolute atomic E-state index is 12.2. The van der Waals surface area contributed by atoms with Gasteiger partial charge in [-0.05, 0) is 47.5 Å². The van der Waals surface area contributed by atoms with Crippen LogP contribution in [0.1, 0.15) is 11.4 Å². The molecule has 0 bridgehead atoms. The summed E-state index contributed by atoms with van der Waals surface area (Å²) in [6.07, 6.45) is 1.49. The van der Waals surface area contributed by atoms with E-state index < -0.39 is 10.0 Å². The van der Waals surface area contributed by atoms with Crippen molar-refractivity contribution in [2.75, 3.05) is 4.72 Å². The van der Waals surface area contributed by atoms with Crippen LogP contribution < -0.4 is 4.72 Å². The number of rotatable bonds is 3. The predicted octanol–water partition coefficient (Wildman–Crippen LogP) is 2.60. The molecule has 0 atom stereocenters. The molecule has 0 saturated carbocycles. The van der Waals surface area contributed by atoms with Crippen molar-refractivity contribution in [1.82, 2.24) is 9.55 Å². The van der Waals surface area contributed by atoms with Gasteiger partial charge in [0.1, 0.15) is 5.82 Å². The first kappa shape index (κ1) is 14.1.